The van der Waals surface area contributed by atoms with Gasteiger partial charge < -0.3 is 16.0 Å². The number of hydrogen-bond acceptors (Lipinski definition) is 4. The fourth-order valence-corrected chi connectivity index (χ4v) is 3.59. The number of fused-ring (bicyclic) bond motifs is 1. The first kappa shape index (κ1) is 15.6. The van der Waals surface area contributed by atoms with E-state index in [4.69, 9.17) is 10.7 Å². The van der Waals surface area contributed by atoms with Crippen LogP contribution in [-0.4, -0.2) is 26.9 Å². The Morgan fingerprint density at radius 1 is 1.24 bits per heavy atom. The van der Waals surface area contributed by atoms with Crippen molar-refractivity contribution in [3.05, 3.63) is 54.0 Å². The van der Waals surface area contributed by atoms with Crippen LogP contribution in [0.15, 0.2) is 42.6 Å². The summed E-state index contributed by atoms with van der Waals surface area (Å²) in [5, 5.41) is 3.13. The van der Waals surface area contributed by atoms with Crippen LogP contribution in [0.4, 0.5) is 5.82 Å². The van der Waals surface area contributed by atoms with E-state index in [1.54, 1.807) is 18.3 Å². The quantitative estimate of drug-likeness (QED) is 0.685. The molecule has 0 saturated heterocycles. The van der Waals surface area contributed by atoms with Crippen LogP contribution in [0.1, 0.15) is 47.8 Å². The smallest absolute Gasteiger partial charge is 0.251 e. The molecule has 128 valence electrons. The van der Waals surface area contributed by atoms with Gasteiger partial charge in [-0.05, 0) is 43.5 Å². The van der Waals surface area contributed by atoms with Crippen LogP contribution < -0.4 is 11.1 Å². The minimum absolute atomic E-state index is 0.0932. The van der Waals surface area contributed by atoms with Crippen LogP contribution in [-0.2, 0) is 0 Å². The van der Waals surface area contributed by atoms with Crippen LogP contribution in [0.3, 0.4) is 0 Å². The third-order valence-electron chi connectivity index (χ3n) is 4.85. The minimum atomic E-state index is -0.0932. The number of pyridine rings is 1. The molecule has 1 saturated carbocycles. The molecule has 0 aliphatic heterocycles. The Bertz CT molecular complexity index is 870. The Morgan fingerprint density at radius 3 is 2.96 bits per heavy atom. The van der Waals surface area contributed by atoms with E-state index in [1.165, 1.54) is 0 Å². The van der Waals surface area contributed by atoms with E-state index in [0.717, 1.165) is 42.5 Å². The zero-order valence-electron chi connectivity index (χ0n) is 13.9. The minimum Gasteiger partial charge on any atom is -0.384 e. The Balaban J connectivity index is 1.46. The van der Waals surface area contributed by atoms with Crippen molar-refractivity contribution in [1.82, 2.24) is 20.3 Å². The van der Waals surface area contributed by atoms with Crippen molar-refractivity contribution < 1.29 is 4.79 Å². The maximum Gasteiger partial charge on any atom is 0.251 e. The van der Waals surface area contributed by atoms with E-state index in [2.05, 4.69) is 15.3 Å². The largest absolute Gasteiger partial charge is 0.384 e. The Morgan fingerprint density at radius 2 is 2.12 bits per heavy atom. The Labute approximate surface area is 145 Å². The van der Waals surface area contributed by atoms with E-state index < -0.39 is 0 Å². The molecule has 2 aromatic heterocycles. The fourth-order valence-electron chi connectivity index (χ4n) is 3.59. The van der Waals surface area contributed by atoms with Gasteiger partial charge in [0.2, 0.25) is 0 Å². The molecule has 1 aliphatic carbocycles. The molecule has 0 spiro atoms. The van der Waals surface area contributed by atoms with E-state index in [-0.39, 0.29) is 11.9 Å². The molecule has 1 amide bonds. The summed E-state index contributed by atoms with van der Waals surface area (Å²) in [5.74, 6) is 1.63. The van der Waals surface area contributed by atoms with Crippen molar-refractivity contribution >= 4 is 22.8 Å². The van der Waals surface area contributed by atoms with E-state index in [0.29, 0.717) is 17.3 Å². The molecule has 1 fully saturated rings. The zero-order valence-corrected chi connectivity index (χ0v) is 13.9. The normalized spacial score (nSPS) is 20.5. The highest BCUT2D eigenvalue weighted by Crippen LogP contribution is 2.32. The van der Waals surface area contributed by atoms with Crippen LogP contribution in [0.5, 0.6) is 0 Å². The third-order valence-corrected chi connectivity index (χ3v) is 4.85. The molecule has 6 heteroatoms. The topological polar surface area (TPSA) is 96.7 Å². The number of H-pyrrole nitrogens is 1. The standard InChI is InChI=1S/C19H21N5O/c20-17-11-13(8-9-21-17)19(25)22-14-5-3-4-12(10-14)18-23-15-6-1-2-7-16(15)24-18/h1-2,6-9,11-12,14H,3-5,10H2,(H2,20,21)(H,22,25)(H,23,24). The molecule has 25 heavy (non-hydrogen) atoms. The number of nitrogens with one attached hydrogen (secondary N) is 2. The number of hydrogen-bond donors (Lipinski definition) is 3. The second-order valence-corrected chi connectivity index (χ2v) is 6.64. The number of carbonyl (C=O) groups excluding carboxylic acids is 1. The first-order chi connectivity index (χ1) is 12.2. The molecule has 0 bridgehead atoms. The summed E-state index contributed by atoms with van der Waals surface area (Å²) in [6.07, 6.45) is 5.61. The average molecular weight is 335 g/mol. The van der Waals surface area contributed by atoms with Crippen molar-refractivity contribution in [2.24, 2.45) is 0 Å². The van der Waals surface area contributed by atoms with Crippen molar-refractivity contribution in [2.75, 3.05) is 5.73 Å². The van der Waals surface area contributed by atoms with Crippen molar-refractivity contribution in [1.29, 1.82) is 0 Å². The van der Waals surface area contributed by atoms with E-state index >= 15 is 0 Å². The molecule has 6 nitrogen and oxygen atoms in total. The molecule has 2 unspecified atom stereocenters. The lowest BCUT2D eigenvalue weighted by atomic mass is 9.85. The lowest BCUT2D eigenvalue weighted by molar-refractivity contribution is 0.0924. The summed E-state index contributed by atoms with van der Waals surface area (Å²) < 4.78 is 0. The lowest BCUT2D eigenvalue weighted by Gasteiger charge is -2.28. The molecule has 3 aromatic rings. The molecule has 1 aliphatic rings. The monoisotopic (exact) mass is 335 g/mol. The van der Waals surface area contributed by atoms with Gasteiger partial charge in [0.15, 0.2) is 0 Å². The van der Waals surface area contributed by atoms with Gasteiger partial charge in [0, 0.05) is 23.7 Å². The van der Waals surface area contributed by atoms with Crippen LogP contribution in [0, 0.1) is 0 Å². The number of imidazole rings is 1. The number of nitrogens with zero attached hydrogens (tertiary/aromatic N) is 2. The highest BCUT2D eigenvalue weighted by molar-refractivity contribution is 5.94. The molecular formula is C19H21N5O. The first-order valence-corrected chi connectivity index (χ1v) is 8.66. The number of rotatable bonds is 3. The summed E-state index contributed by atoms with van der Waals surface area (Å²) in [4.78, 5) is 24.5. The Hall–Kier alpha value is -2.89. The number of nitrogens with two attached hydrogens (primary N) is 1. The number of benzene rings is 1. The number of aromatic nitrogens is 3. The fraction of sp³-hybridized carbons (Fsp3) is 0.316. The molecule has 0 radical (unpaired) electrons. The average Bonchev–Trinajstić information content (AvgIpc) is 3.06. The van der Waals surface area contributed by atoms with E-state index in [9.17, 15) is 4.79 Å². The molecule has 4 rings (SSSR count). The highest BCUT2D eigenvalue weighted by atomic mass is 16.1. The molecule has 4 N–H and O–H groups in total. The zero-order chi connectivity index (χ0) is 17.2. The summed E-state index contributed by atoms with van der Waals surface area (Å²) in [5.41, 5.74) is 8.28. The summed E-state index contributed by atoms with van der Waals surface area (Å²) >= 11 is 0. The molecule has 2 heterocycles. The van der Waals surface area contributed by atoms with Gasteiger partial charge in [-0.3, -0.25) is 4.79 Å². The first-order valence-electron chi connectivity index (χ1n) is 8.66. The van der Waals surface area contributed by atoms with Gasteiger partial charge >= 0.3 is 0 Å². The van der Waals surface area contributed by atoms with Gasteiger partial charge in [-0.15, -0.1) is 0 Å². The van der Waals surface area contributed by atoms with Gasteiger partial charge in [0.05, 0.1) is 11.0 Å². The Kier molecular flexibility index (Phi) is 4.09. The maximum absolute atomic E-state index is 12.4. The predicted molar refractivity (Wildman–Crippen MR) is 97.2 cm³/mol. The second-order valence-electron chi connectivity index (χ2n) is 6.64. The number of nitrogen functional groups attached to an aromatic ring is 1. The molecule has 1 aromatic carbocycles. The van der Waals surface area contributed by atoms with Gasteiger partial charge in [-0.2, -0.15) is 0 Å². The maximum atomic E-state index is 12.4. The SMILES string of the molecule is Nc1cc(C(=O)NC2CCCC(c3nc4ccccc4[nH]3)C2)ccn1. The lowest BCUT2D eigenvalue weighted by Crippen LogP contribution is -2.38. The van der Waals surface area contributed by atoms with Crippen molar-refractivity contribution in [3.8, 4) is 0 Å². The number of aromatic amines is 1. The van der Waals surface area contributed by atoms with Gasteiger partial charge in [0.25, 0.3) is 5.91 Å². The third kappa shape index (κ3) is 3.33. The number of anilines is 1. The second kappa shape index (κ2) is 6.55. The van der Waals surface area contributed by atoms with E-state index in [1.807, 2.05) is 24.3 Å². The van der Waals surface area contributed by atoms with Crippen LogP contribution >= 0.6 is 0 Å². The number of carbonyl (C=O) groups is 1. The van der Waals surface area contributed by atoms with Gasteiger partial charge in [-0.25, -0.2) is 9.97 Å². The molecule has 2 atom stereocenters. The van der Waals surface area contributed by atoms with Crippen molar-refractivity contribution in [2.45, 2.75) is 37.6 Å². The predicted octanol–water partition coefficient (Wildman–Crippen LogP) is 3.00. The summed E-state index contributed by atoms with van der Waals surface area (Å²) in [6.45, 7) is 0. The number of amides is 1. The van der Waals surface area contributed by atoms with Gasteiger partial charge in [-0.1, -0.05) is 18.6 Å². The van der Waals surface area contributed by atoms with Crippen molar-refractivity contribution in [3.63, 3.8) is 0 Å². The summed E-state index contributed by atoms with van der Waals surface area (Å²) in [6, 6.07) is 11.5. The van der Waals surface area contributed by atoms with Crippen LogP contribution in [0.25, 0.3) is 11.0 Å². The highest BCUT2D eigenvalue weighted by Gasteiger charge is 2.26. The van der Waals surface area contributed by atoms with Gasteiger partial charge in [0.1, 0.15) is 11.6 Å². The molecular weight excluding hydrogens is 314 g/mol. The van der Waals surface area contributed by atoms with Crippen LogP contribution in [0.2, 0.25) is 0 Å². The number of para-hydroxylation sites is 2. The summed E-state index contributed by atoms with van der Waals surface area (Å²) in [7, 11) is 0.